The van der Waals surface area contributed by atoms with Gasteiger partial charge < -0.3 is 4.74 Å². The van der Waals surface area contributed by atoms with Gasteiger partial charge in [-0.3, -0.25) is 0 Å². The lowest BCUT2D eigenvalue weighted by molar-refractivity contribution is -0.185. The van der Waals surface area contributed by atoms with Crippen LogP contribution in [0, 0.1) is 29.3 Å². The third-order valence-corrected chi connectivity index (χ3v) is 6.00. The van der Waals surface area contributed by atoms with Crippen LogP contribution in [0.1, 0.15) is 63.0 Å². The molecule has 30 heavy (non-hydrogen) atoms. The second kappa shape index (κ2) is 9.80. The topological polar surface area (TPSA) is 9.23 Å². The van der Waals surface area contributed by atoms with Gasteiger partial charge in [-0.05, 0) is 42.4 Å². The first-order chi connectivity index (χ1) is 14.3. The molecule has 0 heterocycles. The van der Waals surface area contributed by atoms with E-state index in [-0.39, 0.29) is 0 Å². The maximum absolute atomic E-state index is 14.4. The number of halogens is 5. The van der Waals surface area contributed by atoms with Crippen molar-refractivity contribution in [2.24, 2.45) is 11.8 Å². The summed E-state index contributed by atoms with van der Waals surface area (Å²) in [5.41, 5.74) is 0.528. The van der Waals surface area contributed by atoms with E-state index in [1.807, 2.05) is 0 Å². The molecule has 6 heteroatoms. The zero-order valence-electron chi connectivity index (χ0n) is 17.1. The zero-order valence-corrected chi connectivity index (χ0v) is 17.1. The Kier molecular flexibility index (Phi) is 7.37. The summed E-state index contributed by atoms with van der Waals surface area (Å²) < 4.78 is 72.6. The molecule has 0 atom stereocenters. The monoisotopic (exact) mass is 426 g/mol. The van der Waals surface area contributed by atoms with Crippen molar-refractivity contribution in [3.63, 3.8) is 0 Å². The molecular formula is C24H27F5O. The normalized spacial score (nSPS) is 19.7. The molecule has 2 aromatic carbocycles. The molecule has 2 aromatic rings. The van der Waals surface area contributed by atoms with Crippen LogP contribution < -0.4 is 4.74 Å². The summed E-state index contributed by atoms with van der Waals surface area (Å²) in [4.78, 5) is 0. The minimum atomic E-state index is -3.80. The van der Waals surface area contributed by atoms with Crippen molar-refractivity contribution >= 4 is 0 Å². The van der Waals surface area contributed by atoms with E-state index in [2.05, 4.69) is 11.7 Å². The van der Waals surface area contributed by atoms with Crippen molar-refractivity contribution < 1.29 is 26.7 Å². The third kappa shape index (κ3) is 5.73. The van der Waals surface area contributed by atoms with E-state index in [9.17, 15) is 22.0 Å². The Bertz CT molecular complexity index is 803. The van der Waals surface area contributed by atoms with Crippen LogP contribution in [0.5, 0.6) is 5.75 Å². The van der Waals surface area contributed by atoms with Crippen LogP contribution in [0.4, 0.5) is 22.0 Å². The number of alkyl halides is 2. The number of hydrogen-bond donors (Lipinski definition) is 0. The fraction of sp³-hybridized carbons (Fsp3) is 0.500. The Morgan fingerprint density at radius 3 is 1.93 bits per heavy atom. The first-order valence-electron chi connectivity index (χ1n) is 10.6. The van der Waals surface area contributed by atoms with Gasteiger partial charge in [0.05, 0.1) is 5.56 Å². The number of rotatable bonds is 8. The van der Waals surface area contributed by atoms with Gasteiger partial charge in [-0.2, -0.15) is 8.78 Å². The van der Waals surface area contributed by atoms with Crippen molar-refractivity contribution in [1.29, 1.82) is 0 Å². The molecule has 1 nitrogen and oxygen atoms in total. The highest BCUT2D eigenvalue weighted by Crippen LogP contribution is 2.35. The average Bonchev–Trinajstić information content (AvgIpc) is 2.72. The summed E-state index contributed by atoms with van der Waals surface area (Å²) in [6.07, 6.45) is 5.65. The molecule has 0 aliphatic heterocycles. The van der Waals surface area contributed by atoms with Gasteiger partial charge in [-0.15, -0.1) is 0 Å². The van der Waals surface area contributed by atoms with Crippen molar-refractivity contribution in [1.82, 2.24) is 0 Å². The molecule has 1 saturated carbocycles. The van der Waals surface area contributed by atoms with E-state index in [0.717, 1.165) is 24.3 Å². The largest absolute Gasteiger partial charge is 0.429 e. The highest BCUT2D eigenvalue weighted by atomic mass is 19.3. The van der Waals surface area contributed by atoms with Crippen LogP contribution in [0.3, 0.4) is 0 Å². The minimum Gasteiger partial charge on any atom is -0.429 e. The minimum absolute atomic E-state index is 0.399. The van der Waals surface area contributed by atoms with Gasteiger partial charge in [0, 0.05) is 12.1 Å². The molecule has 1 aliphatic rings. The summed E-state index contributed by atoms with van der Waals surface area (Å²) in [7, 11) is 0. The Labute approximate surface area is 174 Å². The van der Waals surface area contributed by atoms with Crippen LogP contribution in [0.25, 0.3) is 0 Å². The lowest BCUT2D eigenvalue weighted by Gasteiger charge is -2.28. The lowest BCUT2D eigenvalue weighted by Crippen LogP contribution is -2.22. The lowest BCUT2D eigenvalue weighted by atomic mass is 9.78. The molecule has 0 amide bonds. The Balaban J connectivity index is 1.55. The fourth-order valence-corrected chi connectivity index (χ4v) is 4.25. The van der Waals surface area contributed by atoms with E-state index in [0.29, 0.717) is 18.1 Å². The van der Waals surface area contributed by atoms with Crippen LogP contribution in [-0.2, 0) is 12.5 Å². The summed E-state index contributed by atoms with van der Waals surface area (Å²) in [6.45, 7) is 2.22. The summed E-state index contributed by atoms with van der Waals surface area (Å²) in [6, 6.07) is 6.56. The molecule has 0 spiro atoms. The maximum atomic E-state index is 14.4. The molecule has 1 aliphatic carbocycles. The smallest absolute Gasteiger partial charge is 0.426 e. The van der Waals surface area contributed by atoms with Gasteiger partial charge in [-0.1, -0.05) is 57.6 Å². The first-order valence-corrected chi connectivity index (χ1v) is 10.6. The number of ether oxygens (including phenoxy) is 1. The molecule has 0 aromatic heterocycles. The van der Waals surface area contributed by atoms with Crippen LogP contribution >= 0.6 is 0 Å². The van der Waals surface area contributed by atoms with Crippen LogP contribution in [-0.4, -0.2) is 0 Å². The predicted octanol–water partition coefficient (Wildman–Crippen LogP) is 7.77. The van der Waals surface area contributed by atoms with Crippen LogP contribution in [0.2, 0.25) is 0 Å². The average molecular weight is 426 g/mol. The van der Waals surface area contributed by atoms with E-state index in [1.54, 1.807) is 12.1 Å². The fourth-order valence-electron chi connectivity index (χ4n) is 4.25. The molecule has 0 bridgehead atoms. The SMILES string of the molecule is CCCC1CCC(CCc2ccc(C(F)(F)Oc3cc(F)c(F)c(F)c3)cc2)CC1. The van der Waals surface area contributed by atoms with Gasteiger partial charge in [0.25, 0.3) is 0 Å². The summed E-state index contributed by atoms with van der Waals surface area (Å²) in [5.74, 6) is -4.13. The van der Waals surface area contributed by atoms with Crippen LogP contribution in [0.15, 0.2) is 36.4 Å². The predicted molar refractivity (Wildman–Crippen MR) is 106 cm³/mol. The summed E-state index contributed by atoms with van der Waals surface area (Å²) in [5, 5.41) is 0. The van der Waals surface area contributed by atoms with Crippen molar-refractivity contribution in [3.05, 3.63) is 65.0 Å². The summed E-state index contributed by atoms with van der Waals surface area (Å²) >= 11 is 0. The molecule has 3 rings (SSSR count). The quantitative estimate of drug-likeness (QED) is 0.309. The van der Waals surface area contributed by atoms with E-state index >= 15 is 0 Å². The van der Waals surface area contributed by atoms with Crippen molar-refractivity contribution in [3.8, 4) is 5.75 Å². The van der Waals surface area contributed by atoms with Gasteiger partial charge >= 0.3 is 6.11 Å². The number of hydrogen-bond acceptors (Lipinski definition) is 1. The van der Waals surface area contributed by atoms with Gasteiger partial charge in [0.1, 0.15) is 5.75 Å². The second-order valence-electron chi connectivity index (χ2n) is 8.23. The zero-order chi connectivity index (χ0) is 21.7. The third-order valence-electron chi connectivity index (χ3n) is 6.00. The van der Waals surface area contributed by atoms with E-state index < -0.39 is 34.9 Å². The number of benzene rings is 2. The Morgan fingerprint density at radius 1 is 0.867 bits per heavy atom. The standard InChI is InChI=1S/C24H27F5O/c1-2-3-16-4-6-17(7-5-16)8-9-18-10-12-19(13-11-18)24(28,29)30-20-14-21(25)23(27)22(26)15-20/h10-17H,2-9H2,1H3. The van der Waals surface area contributed by atoms with Crippen molar-refractivity contribution in [2.75, 3.05) is 0 Å². The molecule has 1 fully saturated rings. The van der Waals surface area contributed by atoms with Gasteiger partial charge in [0.2, 0.25) is 0 Å². The van der Waals surface area contributed by atoms with Gasteiger partial charge in [0.15, 0.2) is 17.5 Å². The Hall–Kier alpha value is -2.11. The molecule has 164 valence electrons. The first kappa shape index (κ1) is 22.6. The Morgan fingerprint density at radius 2 is 1.40 bits per heavy atom. The molecule has 0 N–H and O–H groups in total. The highest BCUT2D eigenvalue weighted by molar-refractivity contribution is 5.29. The molecule has 0 unspecified atom stereocenters. The molecule has 0 radical (unpaired) electrons. The maximum Gasteiger partial charge on any atom is 0.426 e. The van der Waals surface area contributed by atoms with E-state index in [1.165, 1.54) is 50.7 Å². The van der Waals surface area contributed by atoms with Gasteiger partial charge in [-0.25, -0.2) is 13.2 Å². The van der Waals surface area contributed by atoms with E-state index in [4.69, 9.17) is 0 Å². The molecule has 0 saturated heterocycles. The number of aryl methyl sites for hydroxylation is 1. The second-order valence-corrected chi connectivity index (χ2v) is 8.23. The van der Waals surface area contributed by atoms with Crippen molar-refractivity contribution in [2.45, 2.75) is 64.4 Å². The highest BCUT2D eigenvalue weighted by Gasteiger charge is 2.35. The molecular weight excluding hydrogens is 399 g/mol.